The lowest BCUT2D eigenvalue weighted by Crippen LogP contribution is -2.49. The van der Waals surface area contributed by atoms with Gasteiger partial charge in [0.15, 0.2) is 0 Å². The van der Waals surface area contributed by atoms with Crippen molar-refractivity contribution in [2.75, 3.05) is 26.2 Å². The molecule has 3 rings (SSSR count). The van der Waals surface area contributed by atoms with E-state index in [4.69, 9.17) is 0 Å². The molecule has 1 unspecified atom stereocenters. The van der Waals surface area contributed by atoms with Crippen LogP contribution in [0.25, 0.3) is 0 Å². The van der Waals surface area contributed by atoms with Gasteiger partial charge in [-0.15, -0.1) is 0 Å². The van der Waals surface area contributed by atoms with Gasteiger partial charge in [0.05, 0.1) is 5.75 Å². The minimum atomic E-state index is -3.25. The smallest absolute Gasteiger partial charge is 0.218 e. The molecular weight excluding hydrogens is 322 g/mol. The van der Waals surface area contributed by atoms with E-state index in [2.05, 4.69) is 16.8 Å². The summed E-state index contributed by atoms with van der Waals surface area (Å²) in [5.41, 5.74) is 2.05. The average molecular weight is 345 g/mol. The molecule has 1 aromatic heterocycles. The summed E-state index contributed by atoms with van der Waals surface area (Å²) in [5.74, 6) is 0.0771. The van der Waals surface area contributed by atoms with E-state index in [9.17, 15) is 8.42 Å². The van der Waals surface area contributed by atoms with E-state index < -0.39 is 10.0 Å². The van der Waals surface area contributed by atoms with Crippen molar-refractivity contribution in [2.45, 2.75) is 18.7 Å². The fraction of sp³-hybridized carbons (Fsp3) is 0.389. The van der Waals surface area contributed by atoms with Crippen LogP contribution in [0.5, 0.6) is 0 Å². The van der Waals surface area contributed by atoms with Crippen molar-refractivity contribution in [3.63, 3.8) is 0 Å². The van der Waals surface area contributed by atoms with Gasteiger partial charge >= 0.3 is 0 Å². The van der Waals surface area contributed by atoms with Gasteiger partial charge in [-0.3, -0.25) is 9.88 Å². The standard InChI is InChI=1S/C18H23N3O2S/c1-16(18-7-9-19-10-8-18)20-11-13-21(14-12-20)24(22,23)15-17-5-3-2-4-6-17/h2-10,16H,11-15H2,1H3. The van der Waals surface area contributed by atoms with E-state index in [1.807, 2.05) is 42.5 Å². The summed E-state index contributed by atoms with van der Waals surface area (Å²) >= 11 is 0. The molecule has 0 N–H and O–H groups in total. The van der Waals surface area contributed by atoms with E-state index in [-0.39, 0.29) is 11.8 Å². The number of nitrogens with zero attached hydrogens (tertiary/aromatic N) is 3. The predicted molar refractivity (Wildman–Crippen MR) is 94.9 cm³/mol. The van der Waals surface area contributed by atoms with Crippen LogP contribution >= 0.6 is 0 Å². The molecule has 2 heterocycles. The molecule has 0 aliphatic carbocycles. The van der Waals surface area contributed by atoms with Crippen LogP contribution in [0.3, 0.4) is 0 Å². The maximum atomic E-state index is 12.6. The second-order valence-corrected chi connectivity index (χ2v) is 8.10. The first-order valence-corrected chi connectivity index (χ1v) is 9.83. The summed E-state index contributed by atoms with van der Waals surface area (Å²) in [4.78, 5) is 6.37. The van der Waals surface area contributed by atoms with Crippen molar-refractivity contribution in [1.29, 1.82) is 0 Å². The number of aromatic nitrogens is 1. The maximum Gasteiger partial charge on any atom is 0.218 e. The highest BCUT2D eigenvalue weighted by atomic mass is 32.2. The van der Waals surface area contributed by atoms with Crippen LogP contribution in [-0.4, -0.2) is 48.8 Å². The van der Waals surface area contributed by atoms with Gasteiger partial charge in [-0.25, -0.2) is 8.42 Å². The molecule has 1 aliphatic heterocycles. The summed E-state index contributed by atoms with van der Waals surface area (Å²) in [6.07, 6.45) is 3.60. The Labute approximate surface area is 144 Å². The zero-order valence-electron chi connectivity index (χ0n) is 13.9. The molecule has 0 spiro atoms. The minimum Gasteiger partial charge on any atom is -0.294 e. The first-order chi connectivity index (χ1) is 11.6. The largest absolute Gasteiger partial charge is 0.294 e. The first kappa shape index (κ1) is 17.1. The van der Waals surface area contributed by atoms with Crippen LogP contribution in [0.2, 0.25) is 0 Å². The molecule has 6 heteroatoms. The van der Waals surface area contributed by atoms with Gasteiger partial charge in [0.2, 0.25) is 10.0 Å². The Morgan fingerprint density at radius 1 is 1.00 bits per heavy atom. The number of hydrogen-bond acceptors (Lipinski definition) is 4. The second kappa shape index (κ2) is 7.42. The fourth-order valence-corrected chi connectivity index (χ4v) is 4.61. The van der Waals surface area contributed by atoms with E-state index in [0.29, 0.717) is 13.1 Å². The number of piperazine rings is 1. The van der Waals surface area contributed by atoms with Crippen LogP contribution in [0.1, 0.15) is 24.1 Å². The maximum absolute atomic E-state index is 12.6. The molecule has 2 aromatic rings. The van der Waals surface area contributed by atoms with Crippen LogP contribution in [0, 0.1) is 0 Å². The van der Waals surface area contributed by atoms with Crippen molar-refractivity contribution in [1.82, 2.24) is 14.2 Å². The summed E-state index contributed by atoms with van der Waals surface area (Å²) in [6, 6.07) is 13.7. The topological polar surface area (TPSA) is 53.5 Å². The minimum absolute atomic E-state index is 0.0771. The molecule has 0 saturated carbocycles. The average Bonchev–Trinajstić information content (AvgIpc) is 2.62. The molecular formula is C18H23N3O2S. The van der Waals surface area contributed by atoms with Crippen molar-refractivity contribution in [3.05, 3.63) is 66.0 Å². The van der Waals surface area contributed by atoms with E-state index in [0.717, 1.165) is 18.7 Å². The van der Waals surface area contributed by atoms with Crippen molar-refractivity contribution < 1.29 is 8.42 Å². The van der Waals surface area contributed by atoms with Gasteiger partial charge < -0.3 is 0 Å². The normalized spacial score (nSPS) is 18.4. The number of rotatable bonds is 5. The number of sulfonamides is 1. The van der Waals surface area contributed by atoms with Crippen molar-refractivity contribution >= 4 is 10.0 Å². The fourth-order valence-electron chi connectivity index (χ4n) is 3.10. The van der Waals surface area contributed by atoms with Gasteiger partial charge in [-0.05, 0) is 30.2 Å². The lowest BCUT2D eigenvalue weighted by molar-refractivity contribution is 0.145. The highest BCUT2D eigenvalue weighted by Crippen LogP contribution is 2.22. The van der Waals surface area contributed by atoms with Gasteiger partial charge in [-0.1, -0.05) is 30.3 Å². The third-order valence-corrected chi connectivity index (χ3v) is 6.44. The summed E-state index contributed by atoms with van der Waals surface area (Å²) in [6.45, 7) is 4.74. The molecule has 1 aliphatic rings. The zero-order valence-corrected chi connectivity index (χ0v) is 14.7. The highest BCUT2D eigenvalue weighted by Gasteiger charge is 2.29. The van der Waals surface area contributed by atoms with E-state index >= 15 is 0 Å². The van der Waals surface area contributed by atoms with E-state index in [1.54, 1.807) is 16.7 Å². The Balaban J connectivity index is 1.60. The number of pyridine rings is 1. The monoisotopic (exact) mass is 345 g/mol. The number of hydrogen-bond donors (Lipinski definition) is 0. The molecule has 0 bridgehead atoms. The quantitative estimate of drug-likeness (QED) is 0.834. The summed E-state index contributed by atoms with van der Waals surface area (Å²) in [7, 11) is -3.25. The molecule has 5 nitrogen and oxygen atoms in total. The SMILES string of the molecule is CC(c1ccncc1)N1CCN(S(=O)(=O)Cc2ccccc2)CC1. The van der Waals surface area contributed by atoms with Crippen molar-refractivity contribution in [3.8, 4) is 0 Å². The molecule has 1 saturated heterocycles. The van der Waals surface area contributed by atoms with Gasteiger partial charge in [-0.2, -0.15) is 4.31 Å². The Morgan fingerprint density at radius 2 is 1.62 bits per heavy atom. The first-order valence-electron chi connectivity index (χ1n) is 8.22. The molecule has 1 atom stereocenters. The van der Waals surface area contributed by atoms with Gasteiger partial charge in [0, 0.05) is 44.6 Å². The van der Waals surface area contributed by atoms with Crippen LogP contribution in [0.4, 0.5) is 0 Å². The van der Waals surface area contributed by atoms with Crippen LogP contribution in [0.15, 0.2) is 54.9 Å². The van der Waals surface area contributed by atoms with Gasteiger partial charge in [0.25, 0.3) is 0 Å². The molecule has 0 amide bonds. The Hall–Kier alpha value is -1.76. The third-order valence-electron chi connectivity index (χ3n) is 4.59. The molecule has 128 valence electrons. The Kier molecular flexibility index (Phi) is 5.28. The van der Waals surface area contributed by atoms with E-state index in [1.165, 1.54) is 5.56 Å². The molecule has 1 aromatic carbocycles. The van der Waals surface area contributed by atoms with Crippen molar-refractivity contribution in [2.24, 2.45) is 0 Å². The predicted octanol–water partition coefficient (Wildman–Crippen LogP) is 2.29. The highest BCUT2D eigenvalue weighted by molar-refractivity contribution is 7.88. The summed E-state index contributed by atoms with van der Waals surface area (Å²) < 4.78 is 26.8. The molecule has 1 fully saturated rings. The van der Waals surface area contributed by atoms with Crippen LogP contribution in [-0.2, 0) is 15.8 Å². The molecule has 0 radical (unpaired) electrons. The Morgan fingerprint density at radius 3 is 2.25 bits per heavy atom. The molecule has 24 heavy (non-hydrogen) atoms. The number of benzene rings is 1. The Bertz CT molecular complexity index is 742. The van der Waals surface area contributed by atoms with Gasteiger partial charge in [0.1, 0.15) is 0 Å². The third kappa shape index (κ3) is 4.01. The zero-order chi connectivity index (χ0) is 17.0. The summed E-state index contributed by atoms with van der Waals surface area (Å²) in [5, 5.41) is 0. The lowest BCUT2D eigenvalue weighted by atomic mass is 10.1. The lowest BCUT2D eigenvalue weighted by Gasteiger charge is -2.37. The second-order valence-electron chi connectivity index (χ2n) is 6.13. The van der Waals surface area contributed by atoms with Crippen LogP contribution < -0.4 is 0 Å².